The van der Waals surface area contributed by atoms with Crippen LogP contribution in [0.4, 0.5) is 0 Å². The Balaban J connectivity index is 0.000000810. The summed E-state index contributed by atoms with van der Waals surface area (Å²) in [6.07, 6.45) is 0. The van der Waals surface area contributed by atoms with Crippen LogP contribution >= 0.6 is 28.3 Å². The summed E-state index contributed by atoms with van der Waals surface area (Å²) in [5.41, 5.74) is 5.51. The first-order valence-electron chi connectivity index (χ1n) is 2.71. The predicted molar refractivity (Wildman–Crippen MR) is 46.3 cm³/mol. The molecule has 0 aliphatic rings. The monoisotopic (exact) mass is 225 g/mol. The fraction of sp³-hybridized carbons (Fsp3) is 0.333. The van der Waals surface area contributed by atoms with Crippen LogP contribution < -0.4 is 5.73 Å². The number of rotatable bonds is 1. The first-order valence-corrected chi connectivity index (χ1v) is 3.50. The summed E-state index contributed by atoms with van der Waals surface area (Å²) in [4.78, 5) is 0. The van der Waals surface area contributed by atoms with Crippen molar-refractivity contribution >= 4 is 28.3 Å². The van der Waals surface area contributed by atoms with Gasteiger partial charge >= 0.3 is 0 Å². The van der Waals surface area contributed by atoms with Crippen molar-refractivity contribution in [2.45, 2.75) is 13.0 Å². The van der Waals surface area contributed by atoms with Crippen molar-refractivity contribution in [2.24, 2.45) is 5.73 Å². The molecule has 58 valence electrons. The third-order valence-corrected chi connectivity index (χ3v) is 1.47. The molecule has 1 atom stereocenters. The maximum absolute atomic E-state index is 5.51. The van der Waals surface area contributed by atoms with Gasteiger partial charge in [0, 0.05) is 0 Å². The standard InChI is InChI=1S/C6H8BrNO.ClH/c1-4(8)5-2-3-6(7)9-5;/h2-4H,8H2,1H3;1H. The van der Waals surface area contributed by atoms with Crippen LogP contribution in [0.25, 0.3) is 0 Å². The van der Waals surface area contributed by atoms with Crippen LogP contribution in [0.5, 0.6) is 0 Å². The normalized spacial score (nSPS) is 12.3. The molecule has 2 N–H and O–H groups in total. The molecule has 0 fully saturated rings. The second-order valence-corrected chi connectivity index (χ2v) is 2.71. The van der Waals surface area contributed by atoms with E-state index in [1.165, 1.54) is 0 Å². The molecule has 0 spiro atoms. The molecule has 0 amide bonds. The summed E-state index contributed by atoms with van der Waals surface area (Å²) in [5, 5.41) is 0. The summed E-state index contributed by atoms with van der Waals surface area (Å²) in [7, 11) is 0. The fourth-order valence-electron chi connectivity index (χ4n) is 0.573. The first kappa shape index (κ1) is 10.0. The molecule has 0 saturated heterocycles. The number of nitrogens with two attached hydrogens (primary N) is 1. The molecule has 1 heterocycles. The minimum absolute atomic E-state index is 0. The molecular formula is C6H9BrClNO. The van der Waals surface area contributed by atoms with E-state index < -0.39 is 0 Å². The van der Waals surface area contributed by atoms with E-state index in [-0.39, 0.29) is 18.4 Å². The highest BCUT2D eigenvalue weighted by atomic mass is 79.9. The molecule has 0 bridgehead atoms. The van der Waals surface area contributed by atoms with Gasteiger partial charge in [0.2, 0.25) is 0 Å². The Kier molecular flexibility index (Phi) is 4.01. The molecule has 0 saturated carbocycles. The number of hydrogen-bond donors (Lipinski definition) is 1. The zero-order valence-electron chi connectivity index (χ0n) is 5.50. The maximum Gasteiger partial charge on any atom is 0.169 e. The molecule has 4 heteroatoms. The molecule has 0 aliphatic carbocycles. The van der Waals surface area contributed by atoms with Crippen molar-refractivity contribution in [3.05, 3.63) is 22.6 Å². The average Bonchev–Trinajstić information content (AvgIpc) is 2.14. The largest absolute Gasteiger partial charge is 0.453 e. The summed E-state index contributed by atoms with van der Waals surface area (Å²) >= 11 is 3.18. The Bertz CT molecular complexity index is 199. The van der Waals surface area contributed by atoms with Crippen molar-refractivity contribution < 1.29 is 4.42 Å². The molecule has 1 aromatic heterocycles. The molecule has 1 rings (SSSR count). The van der Waals surface area contributed by atoms with Crippen LogP contribution in [0.3, 0.4) is 0 Å². The van der Waals surface area contributed by atoms with Crippen LogP contribution in [-0.2, 0) is 0 Å². The van der Waals surface area contributed by atoms with E-state index in [4.69, 9.17) is 10.2 Å². The van der Waals surface area contributed by atoms with Crippen LogP contribution in [0, 0.1) is 0 Å². The van der Waals surface area contributed by atoms with Gasteiger partial charge in [0.05, 0.1) is 6.04 Å². The quantitative estimate of drug-likeness (QED) is 0.799. The molecular weight excluding hydrogens is 217 g/mol. The lowest BCUT2D eigenvalue weighted by atomic mass is 10.3. The molecule has 0 radical (unpaired) electrons. The molecule has 0 aromatic carbocycles. The van der Waals surface area contributed by atoms with Gasteiger partial charge in [0.25, 0.3) is 0 Å². The van der Waals surface area contributed by atoms with Gasteiger partial charge in [0.1, 0.15) is 5.76 Å². The van der Waals surface area contributed by atoms with Crippen LogP contribution in [0.15, 0.2) is 21.2 Å². The van der Waals surface area contributed by atoms with E-state index in [9.17, 15) is 0 Å². The Morgan fingerprint density at radius 1 is 1.60 bits per heavy atom. The zero-order chi connectivity index (χ0) is 6.85. The van der Waals surface area contributed by atoms with Gasteiger partial charge in [-0.05, 0) is 35.0 Å². The first-order chi connectivity index (χ1) is 4.20. The van der Waals surface area contributed by atoms with Crippen molar-refractivity contribution in [2.75, 3.05) is 0 Å². The topological polar surface area (TPSA) is 39.2 Å². The van der Waals surface area contributed by atoms with E-state index in [0.717, 1.165) is 10.4 Å². The van der Waals surface area contributed by atoms with Gasteiger partial charge in [-0.2, -0.15) is 0 Å². The lowest BCUT2D eigenvalue weighted by Crippen LogP contribution is -2.02. The Morgan fingerprint density at radius 2 is 2.20 bits per heavy atom. The van der Waals surface area contributed by atoms with Crippen molar-refractivity contribution in [1.29, 1.82) is 0 Å². The van der Waals surface area contributed by atoms with Crippen molar-refractivity contribution in [1.82, 2.24) is 0 Å². The average molecular weight is 227 g/mol. The number of furan rings is 1. The van der Waals surface area contributed by atoms with Gasteiger partial charge in [-0.3, -0.25) is 0 Å². The second kappa shape index (κ2) is 4.01. The third kappa shape index (κ3) is 2.33. The van der Waals surface area contributed by atoms with Gasteiger partial charge in [-0.25, -0.2) is 0 Å². The minimum atomic E-state index is -0.0173. The summed E-state index contributed by atoms with van der Waals surface area (Å²) in [5.74, 6) is 0.807. The van der Waals surface area contributed by atoms with Crippen LogP contribution in [0.1, 0.15) is 18.7 Å². The SMILES string of the molecule is CC(N)c1ccc(Br)o1.Cl. The van der Waals surface area contributed by atoms with Gasteiger partial charge in [-0.1, -0.05) is 0 Å². The van der Waals surface area contributed by atoms with Crippen molar-refractivity contribution in [3.8, 4) is 0 Å². The second-order valence-electron chi connectivity index (χ2n) is 1.93. The van der Waals surface area contributed by atoms with E-state index in [2.05, 4.69) is 15.9 Å². The Labute approximate surface area is 74.3 Å². The molecule has 10 heavy (non-hydrogen) atoms. The third-order valence-electron chi connectivity index (χ3n) is 1.04. The number of hydrogen-bond acceptors (Lipinski definition) is 2. The smallest absolute Gasteiger partial charge is 0.169 e. The highest BCUT2D eigenvalue weighted by molar-refractivity contribution is 9.10. The predicted octanol–water partition coefficient (Wildman–Crippen LogP) is 2.48. The zero-order valence-corrected chi connectivity index (χ0v) is 7.91. The van der Waals surface area contributed by atoms with E-state index in [1.807, 2.05) is 19.1 Å². The Morgan fingerprint density at radius 3 is 2.40 bits per heavy atom. The summed E-state index contributed by atoms with van der Waals surface area (Å²) < 4.78 is 5.87. The molecule has 2 nitrogen and oxygen atoms in total. The summed E-state index contributed by atoms with van der Waals surface area (Å²) in [6.45, 7) is 1.88. The lowest BCUT2D eigenvalue weighted by molar-refractivity contribution is 0.461. The maximum atomic E-state index is 5.51. The highest BCUT2D eigenvalue weighted by Crippen LogP contribution is 2.17. The molecule has 1 unspecified atom stereocenters. The minimum Gasteiger partial charge on any atom is -0.453 e. The van der Waals surface area contributed by atoms with Gasteiger partial charge in [0.15, 0.2) is 4.67 Å². The molecule has 1 aromatic rings. The van der Waals surface area contributed by atoms with Gasteiger partial charge < -0.3 is 10.2 Å². The lowest BCUT2D eigenvalue weighted by Gasteiger charge is -1.96. The van der Waals surface area contributed by atoms with E-state index in [0.29, 0.717) is 0 Å². The number of halogens is 2. The molecule has 0 aliphatic heterocycles. The fourth-order valence-corrected chi connectivity index (χ4v) is 0.892. The van der Waals surface area contributed by atoms with Crippen LogP contribution in [-0.4, -0.2) is 0 Å². The summed E-state index contributed by atoms with van der Waals surface area (Å²) in [6, 6.07) is 3.67. The van der Waals surface area contributed by atoms with E-state index in [1.54, 1.807) is 0 Å². The van der Waals surface area contributed by atoms with E-state index >= 15 is 0 Å². The van der Waals surface area contributed by atoms with Crippen LogP contribution in [0.2, 0.25) is 0 Å². The Hall–Kier alpha value is 0.01000. The van der Waals surface area contributed by atoms with Crippen molar-refractivity contribution in [3.63, 3.8) is 0 Å². The highest BCUT2D eigenvalue weighted by Gasteiger charge is 2.02. The van der Waals surface area contributed by atoms with Gasteiger partial charge in [-0.15, -0.1) is 12.4 Å².